The number of carbonyl (C=O) groups excluding carboxylic acids is 2. The van der Waals surface area contributed by atoms with Crippen molar-refractivity contribution in [2.75, 3.05) is 5.01 Å². The average Bonchev–Trinajstić information content (AvgIpc) is 3.33. The summed E-state index contributed by atoms with van der Waals surface area (Å²) in [6, 6.07) is 37.8. The minimum absolute atomic E-state index is 0.0472. The summed E-state index contributed by atoms with van der Waals surface area (Å²) < 4.78 is 0. The van der Waals surface area contributed by atoms with Gasteiger partial charge in [-0.05, 0) is 11.6 Å². The second-order valence-corrected chi connectivity index (χ2v) is 9.23. The molecule has 6 rings (SSSR count). The van der Waals surface area contributed by atoms with E-state index in [0.717, 1.165) is 21.7 Å². The first kappa shape index (κ1) is 25.5. The van der Waals surface area contributed by atoms with Gasteiger partial charge in [0.05, 0.1) is 0 Å². The molecule has 8 heteroatoms. The van der Waals surface area contributed by atoms with Crippen molar-refractivity contribution < 1.29 is 9.59 Å². The molecule has 1 aliphatic rings. The Bertz CT molecular complexity index is 1770. The Morgan fingerprint density at radius 1 is 0.683 bits per heavy atom. The lowest BCUT2D eigenvalue weighted by molar-refractivity contribution is -0.128. The first-order valence-electron chi connectivity index (χ1n) is 13.0. The summed E-state index contributed by atoms with van der Waals surface area (Å²) in [6.07, 6.45) is 1.69. The number of hydrogen-bond donors (Lipinski definition) is 0. The van der Waals surface area contributed by atoms with Gasteiger partial charge in [0.25, 0.3) is 11.9 Å². The molecular weight excluding hydrogens is 512 g/mol. The molecule has 0 N–H and O–H groups in total. The van der Waals surface area contributed by atoms with Gasteiger partial charge in [0.1, 0.15) is 17.1 Å². The monoisotopic (exact) mass is 536 g/mol. The summed E-state index contributed by atoms with van der Waals surface area (Å²) in [7, 11) is 0. The molecular formula is C33H24N6O2. The zero-order chi connectivity index (χ0) is 28.2. The summed E-state index contributed by atoms with van der Waals surface area (Å²) in [5, 5.41) is 11.2. The fraction of sp³-hybridized carbons (Fsp3) is 0.0303. The number of anilines is 1. The van der Waals surface area contributed by atoms with Crippen LogP contribution in [0, 0.1) is 0 Å². The molecule has 8 nitrogen and oxygen atoms in total. The molecule has 2 heterocycles. The van der Waals surface area contributed by atoms with Gasteiger partial charge in [0, 0.05) is 23.6 Å². The molecule has 0 spiro atoms. The van der Waals surface area contributed by atoms with Gasteiger partial charge in [-0.2, -0.15) is 10.0 Å². The van der Waals surface area contributed by atoms with E-state index in [2.05, 4.69) is 15.2 Å². The number of amidine groups is 1. The van der Waals surface area contributed by atoms with Crippen LogP contribution < -0.4 is 5.01 Å². The molecule has 0 aliphatic carbocycles. The normalized spacial score (nSPS) is 13.8. The van der Waals surface area contributed by atoms with Crippen molar-refractivity contribution in [2.45, 2.75) is 6.92 Å². The number of benzene rings is 4. The second kappa shape index (κ2) is 11.2. The van der Waals surface area contributed by atoms with E-state index in [1.54, 1.807) is 6.08 Å². The van der Waals surface area contributed by atoms with E-state index in [1.807, 2.05) is 121 Å². The molecule has 0 saturated carbocycles. The Morgan fingerprint density at radius 3 is 1.76 bits per heavy atom. The van der Waals surface area contributed by atoms with Crippen LogP contribution in [-0.4, -0.2) is 37.8 Å². The van der Waals surface area contributed by atoms with Crippen molar-refractivity contribution >= 4 is 29.7 Å². The molecule has 0 radical (unpaired) electrons. The van der Waals surface area contributed by atoms with E-state index < -0.39 is 11.8 Å². The number of nitrogens with zero attached hydrogens (tertiary/aromatic N) is 6. The maximum atomic E-state index is 13.9. The van der Waals surface area contributed by atoms with Gasteiger partial charge >= 0.3 is 0 Å². The lowest BCUT2D eigenvalue weighted by atomic mass is 10.0. The number of carbonyl (C=O) groups is 2. The molecule has 0 unspecified atom stereocenters. The fourth-order valence-corrected chi connectivity index (χ4v) is 4.54. The molecule has 1 aliphatic heterocycles. The lowest BCUT2D eigenvalue weighted by Crippen LogP contribution is -2.51. The number of aromatic nitrogens is 3. The first-order chi connectivity index (χ1) is 20.1. The van der Waals surface area contributed by atoms with Crippen LogP contribution >= 0.6 is 0 Å². The smallest absolute Gasteiger partial charge is 0.273 e. The van der Waals surface area contributed by atoms with Gasteiger partial charge in [-0.25, -0.2) is 9.98 Å². The van der Waals surface area contributed by atoms with Crippen molar-refractivity contribution in [2.24, 2.45) is 4.99 Å². The van der Waals surface area contributed by atoms with Crippen molar-refractivity contribution in [3.8, 4) is 22.5 Å². The van der Waals surface area contributed by atoms with E-state index in [0.29, 0.717) is 17.0 Å². The fourth-order valence-electron chi connectivity index (χ4n) is 4.54. The highest BCUT2D eigenvalue weighted by Crippen LogP contribution is 2.31. The third-order valence-corrected chi connectivity index (χ3v) is 6.43. The summed E-state index contributed by atoms with van der Waals surface area (Å²) in [4.78, 5) is 36.7. The minimum Gasteiger partial charge on any atom is -0.273 e. The zero-order valence-corrected chi connectivity index (χ0v) is 22.1. The second-order valence-electron chi connectivity index (χ2n) is 9.23. The molecule has 41 heavy (non-hydrogen) atoms. The third kappa shape index (κ3) is 5.14. The topological polar surface area (TPSA) is 91.7 Å². The summed E-state index contributed by atoms with van der Waals surface area (Å²) in [5.41, 5.74) is 4.33. The van der Waals surface area contributed by atoms with E-state index >= 15 is 0 Å². The molecule has 0 bridgehead atoms. The van der Waals surface area contributed by atoms with Gasteiger partial charge in [-0.3, -0.25) is 9.59 Å². The van der Waals surface area contributed by atoms with Gasteiger partial charge in [0.2, 0.25) is 5.91 Å². The molecule has 4 aromatic carbocycles. The number of rotatable bonds is 6. The first-order valence-corrected chi connectivity index (χ1v) is 13.0. The van der Waals surface area contributed by atoms with Crippen LogP contribution in [0.3, 0.4) is 0 Å². The predicted molar refractivity (Wildman–Crippen MR) is 158 cm³/mol. The average molecular weight is 537 g/mol. The summed E-state index contributed by atoms with van der Waals surface area (Å²) in [5.74, 6) is -0.727. The highest BCUT2D eigenvalue weighted by molar-refractivity contribution is 6.22. The molecule has 0 saturated heterocycles. The lowest BCUT2D eigenvalue weighted by Gasteiger charge is -2.29. The summed E-state index contributed by atoms with van der Waals surface area (Å²) >= 11 is 0. The number of amides is 2. The Kier molecular flexibility index (Phi) is 6.94. The van der Waals surface area contributed by atoms with Crippen molar-refractivity contribution in [1.82, 2.24) is 20.2 Å². The zero-order valence-electron chi connectivity index (χ0n) is 22.1. The molecule has 1 aromatic heterocycles. The molecule has 2 amide bonds. The Labute approximate surface area is 236 Å². The Balaban J connectivity index is 1.51. The predicted octanol–water partition coefficient (Wildman–Crippen LogP) is 5.80. The SMILES string of the molecule is CC(=O)N(c1nnc(-c2ccccc2)c(-c2ccccc2)n1)N1C(=O)/C(=C/c2ccccc2)N=C1c1ccccc1. The highest BCUT2D eigenvalue weighted by Gasteiger charge is 2.39. The van der Waals surface area contributed by atoms with Gasteiger partial charge in [-0.15, -0.1) is 10.2 Å². The number of aliphatic imine (C=N–C) groups is 1. The van der Waals surface area contributed by atoms with Gasteiger partial charge < -0.3 is 0 Å². The standard InChI is InChI=1S/C33H24N6O2/c1-23(40)38(33-35-29(25-16-8-3-9-17-25)30(36-37-33)26-18-10-4-11-19-26)39-31(27-20-12-5-13-21-27)34-28(32(39)41)22-24-14-6-2-7-15-24/h2-22H,1H3/b28-22-. The van der Waals surface area contributed by atoms with Crippen LogP contribution in [0.2, 0.25) is 0 Å². The van der Waals surface area contributed by atoms with Gasteiger partial charge in [-0.1, -0.05) is 121 Å². The molecule has 5 aromatic rings. The molecule has 0 atom stereocenters. The largest absolute Gasteiger partial charge is 0.297 e. The Morgan fingerprint density at radius 2 is 1.20 bits per heavy atom. The molecule has 198 valence electrons. The van der Waals surface area contributed by atoms with Crippen molar-refractivity contribution in [3.63, 3.8) is 0 Å². The van der Waals surface area contributed by atoms with Crippen LogP contribution in [-0.2, 0) is 9.59 Å². The maximum Gasteiger partial charge on any atom is 0.297 e. The van der Waals surface area contributed by atoms with E-state index in [-0.39, 0.29) is 17.5 Å². The van der Waals surface area contributed by atoms with Crippen LogP contribution in [0.5, 0.6) is 0 Å². The van der Waals surface area contributed by atoms with Crippen LogP contribution in [0.15, 0.2) is 132 Å². The van der Waals surface area contributed by atoms with Crippen molar-refractivity contribution in [1.29, 1.82) is 0 Å². The third-order valence-electron chi connectivity index (χ3n) is 6.43. The van der Waals surface area contributed by atoms with E-state index in [4.69, 9.17) is 4.98 Å². The number of hydrogen-bond acceptors (Lipinski definition) is 6. The maximum absolute atomic E-state index is 13.9. The van der Waals surface area contributed by atoms with Crippen LogP contribution in [0.25, 0.3) is 28.6 Å². The summed E-state index contributed by atoms with van der Waals surface area (Å²) in [6.45, 7) is 1.35. The quantitative estimate of drug-likeness (QED) is 0.256. The number of hydrazine groups is 1. The van der Waals surface area contributed by atoms with E-state index in [1.165, 1.54) is 11.9 Å². The van der Waals surface area contributed by atoms with E-state index in [9.17, 15) is 9.59 Å². The van der Waals surface area contributed by atoms with Crippen LogP contribution in [0.1, 0.15) is 18.1 Å². The Hall–Kier alpha value is -5.76. The molecule has 0 fully saturated rings. The van der Waals surface area contributed by atoms with Crippen molar-refractivity contribution in [3.05, 3.63) is 138 Å². The van der Waals surface area contributed by atoms with Gasteiger partial charge in [0.15, 0.2) is 5.84 Å². The minimum atomic E-state index is -0.486. The highest BCUT2D eigenvalue weighted by atomic mass is 16.2. The van der Waals surface area contributed by atoms with Crippen LogP contribution in [0.4, 0.5) is 5.95 Å².